The lowest BCUT2D eigenvalue weighted by Gasteiger charge is -2.37. The Labute approximate surface area is 148 Å². The molecule has 0 bridgehead atoms. The molecule has 0 saturated carbocycles. The summed E-state index contributed by atoms with van der Waals surface area (Å²) < 4.78 is 64.2. The third-order valence-electron chi connectivity index (χ3n) is 5.05. The Morgan fingerprint density at radius 1 is 1.08 bits per heavy atom. The molecule has 0 N–H and O–H groups in total. The average molecular weight is 377 g/mol. The second-order valence-electron chi connectivity index (χ2n) is 6.85. The number of aromatic nitrogens is 1. The molecular weight excluding hydrogens is 357 g/mol. The fraction of sp³-hybridized carbons (Fsp3) is 0.647. The van der Waals surface area contributed by atoms with Crippen LogP contribution in [0.4, 0.5) is 27.8 Å². The van der Waals surface area contributed by atoms with Crippen molar-refractivity contribution >= 4 is 11.7 Å². The smallest absolute Gasteiger partial charge is 0.357 e. The summed E-state index contributed by atoms with van der Waals surface area (Å²) in [7, 11) is 0. The van der Waals surface area contributed by atoms with Crippen LogP contribution in [0.25, 0.3) is 0 Å². The number of carbonyl (C=O) groups is 1. The Hall–Kier alpha value is -1.93. The Bertz CT molecular complexity index is 629. The van der Waals surface area contributed by atoms with Crippen molar-refractivity contribution in [1.82, 2.24) is 9.88 Å². The summed E-state index contributed by atoms with van der Waals surface area (Å²) in [6, 6.07) is 2.32. The molecule has 2 aliphatic heterocycles. The molecule has 0 spiro atoms. The van der Waals surface area contributed by atoms with Crippen molar-refractivity contribution in [1.29, 1.82) is 0 Å². The van der Waals surface area contributed by atoms with Crippen LogP contribution in [-0.2, 0) is 11.0 Å². The van der Waals surface area contributed by atoms with Crippen LogP contribution < -0.4 is 4.90 Å². The largest absolute Gasteiger partial charge is 0.417 e. The van der Waals surface area contributed by atoms with Gasteiger partial charge in [-0.25, -0.2) is 13.8 Å². The van der Waals surface area contributed by atoms with E-state index in [0.29, 0.717) is 31.7 Å². The number of piperidine rings is 2. The molecule has 2 saturated heterocycles. The van der Waals surface area contributed by atoms with Gasteiger partial charge in [-0.3, -0.25) is 4.79 Å². The number of hydrogen-bond donors (Lipinski definition) is 0. The summed E-state index contributed by atoms with van der Waals surface area (Å²) in [5.41, 5.74) is -0.798. The summed E-state index contributed by atoms with van der Waals surface area (Å²) in [5, 5.41) is 0. The minimum atomic E-state index is -4.42. The van der Waals surface area contributed by atoms with E-state index in [-0.39, 0.29) is 37.8 Å². The van der Waals surface area contributed by atoms with Gasteiger partial charge in [0.15, 0.2) is 0 Å². The van der Waals surface area contributed by atoms with Gasteiger partial charge >= 0.3 is 6.18 Å². The zero-order chi connectivity index (χ0) is 18.9. The quantitative estimate of drug-likeness (QED) is 0.740. The fourth-order valence-electron chi connectivity index (χ4n) is 3.41. The van der Waals surface area contributed by atoms with Gasteiger partial charge in [-0.15, -0.1) is 0 Å². The van der Waals surface area contributed by atoms with Crippen LogP contribution in [0, 0.1) is 5.92 Å². The minimum absolute atomic E-state index is 0.0759. The van der Waals surface area contributed by atoms with Gasteiger partial charge in [-0.1, -0.05) is 0 Å². The average Bonchev–Trinajstić information content (AvgIpc) is 2.61. The molecule has 1 aromatic rings. The van der Waals surface area contributed by atoms with Crippen LogP contribution in [0.15, 0.2) is 18.3 Å². The van der Waals surface area contributed by atoms with Gasteiger partial charge in [0.2, 0.25) is 5.91 Å². The zero-order valence-corrected chi connectivity index (χ0v) is 14.1. The zero-order valence-electron chi connectivity index (χ0n) is 14.1. The molecule has 0 radical (unpaired) electrons. The predicted molar refractivity (Wildman–Crippen MR) is 84.9 cm³/mol. The van der Waals surface area contributed by atoms with E-state index in [9.17, 15) is 26.7 Å². The first-order valence-electron chi connectivity index (χ1n) is 8.60. The van der Waals surface area contributed by atoms with E-state index in [1.54, 1.807) is 0 Å². The van der Waals surface area contributed by atoms with E-state index in [1.807, 2.05) is 4.90 Å². The molecule has 1 aromatic heterocycles. The lowest BCUT2D eigenvalue weighted by Crippen LogP contribution is -2.47. The maximum atomic E-state index is 13.2. The normalized spacial score (nSPS) is 21.7. The minimum Gasteiger partial charge on any atom is -0.357 e. The topological polar surface area (TPSA) is 36.4 Å². The van der Waals surface area contributed by atoms with Gasteiger partial charge in [-0.05, 0) is 25.0 Å². The Morgan fingerprint density at radius 3 is 2.19 bits per heavy atom. The van der Waals surface area contributed by atoms with E-state index in [0.717, 1.165) is 12.3 Å². The number of halogens is 5. The number of amides is 1. The first-order valence-corrected chi connectivity index (χ1v) is 8.60. The number of alkyl halides is 5. The number of nitrogens with zero attached hydrogens (tertiary/aromatic N) is 3. The monoisotopic (exact) mass is 377 g/mol. The van der Waals surface area contributed by atoms with Crippen LogP contribution in [0.3, 0.4) is 0 Å². The highest BCUT2D eigenvalue weighted by Gasteiger charge is 2.38. The molecule has 4 nitrogen and oxygen atoms in total. The first kappa shape index (κ1) is 18.8. The molecule has 9 heteroatoms. The summed E-state index contributed by atoms with van der Waals surface area (Å²) in [4.78, 5) is 19.7. The Balaban J connectivity index is 1.53. The van der Waals surface area contributed by atoms with E-state index in [2.05, 4.69) is 4.98 Å². The molecule has 26 heavy (non-hydrogen) atoms. The molecule has 3 heterocycles. The van der Waals surface area contributed by atoms with E-state index in [1.165, 1.54) is 11.0 Å². The van der Waals surface area contributed by atoms with Crippen LogP contribution in [0.2, 0.25) is 0 Å². The van der Waals surface area contributed by atoms with Crippen molar-refractivity contribution in [2.75, 3.05) is 31.1 Å². The van der Waals surface area contributed by atoms with Crippen molar-refractivity contribution in [3.63, 3.8) is 0 Å². The summed E-state index contributed by atoms with van der Waals surface area (Å²) in [6.07, 6.45) is -3.14. The van der Waals surface area contributed by atoms with Crippen molar-refractivity contribution in [3.8, 4) is 0 Å². The molecule has 144 valence electrons. The number of likely N-dealkylation sites (tertiary alicyclic amines) is 1. The van der Waals surface area contributed by atoms with Crippen LogP contribution >= 0.6 is 0 Å². The van der Waals surface area contributed by atoms with Gasteiger partial charge in [-0.2, -0.15) is 13.2 Å². The Kier molecular flexibility index (Phi) is 5.07. The van der Waals surface area contributed by atoms with E-state index in [4.69, 9.17) is 0 Å². The highest BCUT2D eigenvalue weighted by atomic mass is 19.4. The standard InChI is InChI=1S/C17H20F5N3O/c18-16(19)5-9-25(10-6-16)15(26)12-3-7-24(8-4-12)14-2-1-13(11-23-14)17(20,21)22/h1-2,11-12H,3-10H2. The third kappa shape index (κ3) is 4.24. The lowest BCUT2D eigenvalue weighted by molar-refractivity contribution is -0.142. The van der Waals surface area contributed by atoms with Crippen LogP contribution in [-0.4, -0.2) is 47.9 Å². The van der Waals surface area contributed by atoms with E-state index >= 15 is 0 Å². The Morgan fingerprint density at radius 2 is 1.69 bits per heavy atom. The van der Waals surface area contributed by atoms with E-state index < -0.39 is 17.7 Å². The molecular formula is C17H20F5N3O. The summed E-state index contributed by atoms with van der Waals surface area (Å²) in [6.45, 7) is 1.15. The molecule has 0 unspecified atom stereocenters. The lowest BCUT2D eigenvalue weighted by atomic mass is 9.94. The summed E-state index contributed by atoms with van der Waals surface area (Å²) in [5.74, 6) is -2.57. The van der Waals surface area contributed by atoms with Gasteiger partial charge in [0, 0.05) is 51.1 Å². The summed E-state index contributed by atoms with van der Waals surface area (Å²) >= 11 is 0. The van der Waals surface area contributed by atoms with Crippen LogP contribution in [0.1, 0.15) is 31.2 Å². The maximum absolute atomic E-state index is 13.2. The van der Waals surface area contributed by atoms with Gasteiger partial charge in [0.1, 0.15) is 5.82 Å². The number of rotatable bonds is 2. The van der Waals surface area contributed by atoms with Gasteiger partial charge < -0.3 is 9.80 Å². The van der Waals surface area contributed by atoms with Crippen LogP contribution in [0.5, 0.6) is 0 Å². The third-order valence-corrected chi connectivity index (χ3v) is 5.05. The molecule has 3 rings (SSSR count). The molecule has 1 amide bonds. The predicted octanol–water partition coefficient (Wildman–Crippen LogP) is 3.57. The highest BCUT2D eigenvalue weighted by Crippen LogP contribution is 2.32. The molecule has 2 fully saturated rings. The highest BCUT2D eigenvalue weighted by molar-refractivity contribution is 5.79. The first-order chi connectivity index (χ1) is 12.2. The van der Waals surface area contributed by atoms with Gasteiger partial charge in [0.25, 0.3) is 5.92 Å². The number of carbonyl (C=O) groups excluding carboxylic acids is 1. The van der Waals surface area contributed by atoms with Crippen molar-refractivity contribution in [2.45, 2.75) is 37.8 Å². The number of anilines is 1. The van der Waals surface area contributed by atoms with Gasteiger partial charge in [0.05, 0.1) is 5.56 Å². The fourth-order valence-corrected chi connectivity index (χ4v) is 3.41. The van der Waals surface area contributed by atoms with Crippen molar-refractivity contribution in [3.05, 3.63) is 23.9 Å². The van der Waals surface area contributed by atoms with Crippen molar-refractivity contribution in [2.24, 2.45) is 5.92 Å². The molecule has 0 aliphatic carbocycles. The molecule has 0 aromatic carbocycles. The number of hydrogen-bond acceptors (Lipinski definition) is 3. The molecule has 0 atom stereocenters. The molecule has 2 aliphatic rings. The van der Waals surface area contributed by atoms with Crippen molar-refractivity contribution < 1.29 is 26.7 Å². The number of pyridine rings is 1. The second kappa shape index (κ2) is 7.00. The SMILES string of the molecule is O=C(C1CCN(c2ccc(C(F)(F)F)cn2)CC1)N1CCC(F)(F)CC1. The maximum Gasteiger partial charge on any atom is 0.417 e. The second-order valence-corrected chi connectivity index (χ2v) is 6.85.